The van der Waals surface area contributed by atoms with Crippen LogP contribution in [0.4, 0.5) is 0 Å². The molecule has 0 aliphatic rings. The van der Waals surface area contributed by atoms with Crippen molar-refractivity contribution in [3.8, 4) is 0 Å². The lowest BCUT2D eigenvalue weighted by Crippen LogP contribution is -2.17. The Kier molecular flexibility index (Phi) is 5.44. The zero-order chi connectivity index (χ0) is 12.2. The third-order valence-corrected chi connectivity index (χ3v) is 4.01. The van der Waals surface area contributed by atoms with Crippen molar-refractivity contribution in [1.82, 2.24) is 0 Å². The lowest BCUT2D eigenvalue weighted by molar-refractivity contribution is 0.0444. The highest BCUT2D eigenvalue weighted by atomic mass is 79.9. The van der Waals surface area contributed by atoms with Crippen LogP contribution in [0.1, 0.15) is 38.2 Å². The lowest BCUT2D eigenvalue weighted by atomic mass is 9.93. The Labute approximate surface area is 110 Å². The maximum Gasteiger partial charge on any atom is 0.104 e. The van der Waals surface area contributed by atoms with E-state index in [0.717, 1.165) is 16.8 Å². The van der Waals surface area contributed by atoms with Crippen LogP contribution < -0.4 is 5.73 Å². The molecular weight excluding hydrogens is 286 g/mol. The van der Waals surface area contributed by atoms with Gasteiger partial charge in [-0.25, -0.2) is 0 Å². The van der Waals surface area contributed by atoms with Crippen molar-refractivity contribution in [2.75, 3.05) is 13.2 Å². The SMILES string of the molecule is CC(C)(C)CCOC(CN)c1ccc(Br)s1. The minimum atomic E-state index is 0.0404. The van der Waals surface area contributed by atoms with Crippen molar-refractivity contribution in [1.29, 1.82) is 0 Å². The van der Waals surface area contributed by atoms with Gasteiger partial charge in [-0.1, -0.05) is 20.8 Å². The molecular formula is C12H20BrNOS. The van der Waals surface area contributed by atoms with Gasteiger partial charge in [-0.15, -0.1) is 11.3 Å². The molecule has 0 radical (unpaired) electrons. The number of nitrogens with two attached hydrogens (primary N) is 1. The fourth-order valence-corrected chi connectivity index (χ4v) is 2.76. The summed E-state index contributed by atoms with van der Waals surface area (Å²) in [6, 6.07) is 4.11. The van der Waals surface area contributed by atoms with Gasteiger partial charge in [0.05, 0.1) is 3.79 Å². The summed E-state index contributed by atoms with van der Waals surface area (Å²) < 4.78 is 6.96. The van der Waals surface area contributed by atoms with Crippen LogP contribution >= 0.6 is 27.3 Å². The van der Waals surface area contributed by atoms with Gasteiger partial charge in [-0.05, 0) is 39.9 Å². The smallest absolute Gasteiger partial charge is 0.104 e. The first-order valence-electron chi connectivity index (χ1n) is 5.49. The van der Waals surface area contributed by atoms with E-state index >= 15 is 0 Å². The molecule has 2 nitrogen and oxygen atoms in total. The number of hydrogen-bond donors (Lipinski definition) is 1. The van der Waals surface area contributed by atoms with E-state index in [9.17, 15) is 0 Å². The average molecular weight is 306 g/mol. The summed E-state index contributed by atoms with van der Waals surface area (Å²) in [5, 5.41) is 0. The summed E-state index contributed by atoms with van der Waals surface area (Å²) in [5.41, 5.74) is 6.04. The normalized spacial score (nSPS) is 14.1. The molecule has 2 N–H and O–H groups in total. The minimum Gasteiger partial charge on any atom is -0.371 e. The number of halogens is 1. The molecule has 1 heterocycles. The predicted molar refractivity (Wildman–Crippen MR) is 73.8 cm³/mol. The summed E-state index contributed by atoms with van der Waals surface area (Å²) in [6.07, 6.45) is 1.09. The molecule has 1 aromatic heterocycles. The zero-order valence-corrected chi connectivity index (χ0v) is 12.5. The van der Waals surface area contributed by atoms with Crippen LogP contribution in [-0.2, 0) is 4.74 Å². The lowest BCUT2D eigenvalue weighted by Gasteiger charge is -2.20. The molecule has 1 rings (SSSR count). The fourth-order valence-electron chi connectivity index (χ4n) is 1.28. The highest BCUT2D eigenvalue weighted by molar-refractivity contribution is 9.11. The molecule has 0 aromatic carbocycles. The van der Waals surface area contributed by atoms with Crippen molar-refractivity contribution < 1.29 is 4.74 Å². The Morgan fingerprint density at radius 2 is 2.12 bits per heavy atom. The summed E-state index contributed by atoms with van der Waals surface area (Å²) in [4.78, 5) is 1.20. The molecule has 0 aliphatic carbocycles. The van der Waals surface area contributed by atoms with E-state index in [1.165, 1.54) is 4.88 Å². The Morgan fingerprint density at radius 1 is 1.44 bits per heavy atom. The van der Waals surface area contributed by atoms with Crippen molar-refractivity contribution in [2.24, 2.45) is 11.1 Å². The summed E-state index contributed by atoms with van der Waals surface area (Å²) in [5.74, 6) is 0. The molecule has 0 aliphatic heterocycles. The van der Waals surface area contributed by atoms with Gasteiger partial charge in [0.2, 0.25) is 0 Å². The van der Waals surface area contributed by atoms with Crippen LogP contribution in [0.15, 0.2) is 15.9 Å². The van der Waals surface area contributed by atoms with Crippen LogP contribution in [0.3, 0.4) is 0 Å². The first-order chi connectivity index (χ1) is 7.42. The predicted octanol–water partition coefficient (Wildman–Crippen LogP) is 3.96. The average Bonchev–Trinajstić information content (AvgIpc) is 2.58. The quantitative estimate of drug-likeness (QED) is 0.893. The van der Waals surface area contributed by atoms with Gasteiger partial charge in [-0.2, -0.15) is 0 Å². The maximum atomic E-state index is 5.83. The molecule has 1 unspecified atom stereocenters. The van der Waals surface area contributed by atoms with Crippen LogP contribution in [0.25, 0.3) is 0 Å². The molecule has 0 amide bonds. The molecule has 0 saturated carbocycles. The molecule has 4 heteroatoms. The van der Waals surface area contributed by atoms with Gasteiger partial charge in [-0.3, -0.25) is 0 Å². The van der Waals surface area contributed by atoms with Gasteiger partial charge in [0.15, 0.2) is 0 Å². The van der Waals surface area contributed by atoms with Crippen molar-refractivity contribution in [2.45, 2.75) is 33.3 Å². The Morgan fingerprint density at radius 3 is 2.56 bits per heavy atom. The van der Waals surface area contributed by atoms with Gasteiger partial charge in [0.1, 0.15) is 6.10 Å². The molecule has 1 atom stereocenters. The third kappa shape index (κ3) is 4.95. The zero-order valence-electron chi connectivity index (χ0n) is 10.1. The van der Waals surface area contributed by atoms with E-state index in [1.807, 2.05) is 6.07 Å². The van der Waals surface area contributed by atoms with Crippen molar-refractivity contribution in [3.05, 3.63) is 20.8 Å². The van der Waals surface area contributed by atoms with Gasteiger partial charge in [0, 0.05) is 18.0 Å². The van der Waals surface area contributed by atoms with E-state index in [1.54, 1.807) is 11.3 Å². The summed E-state index contributed by atoms with van der Waals surface area (Å²) in [7, 11) is 0. The van der Waals surface area contributed by atoms with Gasteiger partial charge >= 0.3 is 0 Å². The Hall–Kier alpha value is 0.1000. The molecule has 92 valence electrons. The number of hydrogen-bond acceptors (Lipinski definition) is 3. The molecule has 0 fully saturated rings. The summed E-state index contributed by atoms with van der Waals surface area (Å²) in [6.45, 7) is 7.96. The van der Waals surface area contributed by atoms with E-state index in [4.69, 9.17) is 10.5 Å². The van der Waals surface area contributed by atoms with Crippen LogP contribution in [0, 0.1) is 5.41 Å². The molecule has 0 saturated heterocycles. The maximum absolute atomic E-state index is 5.83. The van der Waals surface area contributed by atoms with Gasteiger partial charge < -0.3 is 10.5 Å². The molecule has 0 spiro atoms. The van der Waals surface area contributed by atoms with Crippen LogP contribution in [0.5, 0.6) is 0 Å². The number of thiophene rings is 1. The molecule has 1 aromatic rings. The second-order valence-corrected chi connectivity index (χ2v) is 7.54. The van der Waals surface area contributed by atoms with Crippen LogP contribution in [0.2, 0.25) is 0 Å². The molecule has 16 heavy (non-hydrogen) atoms. The van der Waals surface area contributed by atoms with E-state index in [0.29, 0.717) is 12.0 Å². The largest absolute Gasteiger partial charge is 0.371 e. The fraction of sp³-hybridized carbons (Fsp3) is 0.667. The second-order valence-electron chi connectivity index (χ2n) is 5.05. The highest BCUT2D eigenvalue weighted by Gasteiger charge is 2.15. The number of ether oxygens (including phenoxy) is 1. The summed E-state index contributed by atoms with van der Waals surface area (Å²) >= 11 is 5.14. The van der Waals surface area contributed by atoms with E-state index in [2.05, 4.69) is 42.8 Å². The minimum absolute atomic E-state index is 0.0404. The highest BCUT2D eigenvalue weighted by Crippen LogP contribution is 2.29. The van der Waals surface area contributed by atoms with Crippen molar-refractivity contribution >= 4 is 27.3 Å². The Bertz CT molecular complexity index is 319. The first kappa shape index (κ1) is 14.2. The van der Waals surface area contributed by atoms with Gasteiger partial charge in [0.25, 0.3) is 0 Å². The monoisotopic (exact) mass is 305 g/mol. The van der Waals surface area contributed by atoms with E-state index in [-0.39, 0.29) is 6.10 Å². The first-order valence-corrected chi connectivity index (χ1v) is 7.10. The second kappa shape index (κ2) is 6.15. The van der Waals surface area contributed by atoms with Crippen molar-refractivity contribution in [3.63, 3.8) is 0 Å². The van der Waals surface area contributed by atoms with E-state index < -0.39 is 0 Å². The molecule has 0 bridgehead atoms. The van der Waals surface area contributed by atoms with Crippen LogP contribution in [-0.4, -0.2) is 13.2 Å². The topological polar surface area (TPSA) is 35.2 Å². The third-order valence-electron chi connectivity index (χ3n) is 2.30. The number of rotatable bonds is 5. The standard InChI is InChI=1S/C12H20BrNOS/c1-12(2,3)6-7-15-9(8-14)10-4-5-11(13)16-10/h4-5,9H,6-8,14H2,1-3H3. The Balaban J connectivity index is 2.44.